The molecule has 8 nitrogen and oxygen atoms in total. The summed E-state index contributed by atoms with van der Waals surface area (Å²) < 4.78 is 21.6. The lowest BCUT2D eigenvalue weighted by atomic mass is 9.95. The fourth-order valence-corrected chi connectivity index (χ4v) is 6.49. The Morgan fingerprint density at radius 1 is 1.05 bits per heavy atom. The number of esters is 1. The molecule has 1 aliphatic heterocycles. The number of allylic oxidation sites excluding steroid dienone is 1. The van der Waals surface area contributed by atoms with Crippen LogP contribution < -0.4 is 24.4 Å². The van der Waals surface area contributed by atoms with E-state index in [9.17, 15) is 9.59 Å². The third-order valence-electron chi connectivity index (χ3n) is 7.08. The number of carbonyl (C=O) groups is 1. The highest BCUT2D eigenvalue weighted by molar-refractivity contribution is 9.10. The zero-order valence-corrected chi connectivity index (χ0v) is 26.1. The molecule has 4 aromatic rings. The number of benzene rings is 2. The van der Waals surface area contributed by atoms with Crippen LogP contribution in [0.5, 0.6) is 11.5 Å². The summed E-state index contributed by atoms with van der Waals surface area (Å²) in [5.74, 6) is 0.523. The summed E-state index contributed by atoms with van der Waals surface area (Å²) in [5.41, 5.74) is 5.28. The largest absolute Gasteiger partial charge is 0.493 e. The number of rotatable bonds is 7. The Labute approximate surface area is 250 Å². The Morgan fingerprint density at radius 2 is 1.76 bits per heavy atom. The number of fused-ring (bicyclic) bond motifs is 1. The van der Waals surface area contributed by atoms with Gasteiger partial charge in [-0.25, -0.2) is 9.79 Å². The number of carbonyl (C=O) groups excluding carboxylic acids is 1. The minimum Gasteiger partial charge on any atom is -0.493 e. The van der Waals surface area contributed by atoms with Gasteiger partial charge in [0.25, 0.3) is 5.56 Å². The third-order valence-corrected chi connectivity index (χ3v) is 8.59. The van der Waals surface area contributed by atoms with Gasteiger partial charge in [-0.05, 0) is 87.4 Å². The lowest BCUT2D eigenvalue weighted by Crippen LogP contribution is -2.40. The molecule has 1 aliphatic rings. The number of aromatic nitrogens is 2. The summed E-state index contributed by atoms with van der Waals surface area (Å²) in [6.07, 6.45) is 1.90. The highest BCUT2D eigenvalue weighted by Gasteiger charge is 2.34. The van der Waals surface area contributed by atoms with Crippen molar-refractivity contribution in [2.24, 2.45) is 4.99 Å². The van der Waals surface area contributed by atoms with Crippen LogP contribution in [0.4, 0.5) is 0 Å². The second-order valence-electron chi connectivity index (χ2n) is 9.55. The monoisotopic (exact) mass is 635 g/mol. The molecule has 1 atom stereocenters. The lowest BCUT2D eigenvalue weighted by molar-refractivity contribution is -0.139. The van der Waals surface area contributed by atoms with Crippen molar-refractivity contribution in [1.82, 2.24) is 9.13 Å². The van der Waals surface area contributed by atoms with Crippen LogP contribution in [-0.4, -0.2) is 35.9 Å². The van der Waals surface area contributed by atoms with Gasteiger partial charge in [0, 0.05) is 21.5 Å². The van der Waals surface area contributed by atoms with Gasteiger partial charge >= 0.3 is 5.97 Å². The molecule has 10 heteroatoms. The maximum Gasteiger partial charge on any atom is 0.338 e. The molecular weight excluding hydrogens is 606 g/mol. The van der Waals surface area contributed by atoms with Gasteiger partial charge in [0.2, 0.25) is 0 Å². The van der Waals surface area contributed by atoms with E-state index in [2.05, 4.69) is 31.6 Å². The van der Waals surface area contributed by atoms with Crippen LogP contribution in [-0.2, 0) is 9.53 Å². The summed E-state index contributed by atoms with van der Waals surface area (Å²) in [5, 5.41) is 0. The van der Waals surface area contributed by atoms with Gasteiger partial charge in [-0.2, -0.15) is 0 Å². The molecule has 41 heavy (non-hydrogen) atoms. The van der Waals surface area contributed by atoms with Crippen molar-refractivity contribution in [3.8, 4) is 17.2 Å². The Bertz CT molecular complexity index is 1860. The van der Waals surface area contributed by atoms with Crippen LogP contribution in [0.1, 0.15) is 42.4 Å². The number of hydrogen-bond donors (Lipinski definition) is 0. The SMILES string of the molecule is CCOC(=O)C1=C(C)N=c2s/c(=C\c3cc(C)n(-c4ccc(Br)cc4)c3C)c(=O)n2[C@H]1c1ccc(OC)c(OC)c1. The predicted molar refractivity (Wildman–Crippen MR) is 163 cm³/mol. The molecule has 5 rings (SSSR count). The van der Waals surface area contributed by atoms with E-state index in [0.29, 0.717) is 37.7 Å². The number of thiazole rings is 1. The molecule has 0 saturated carbocycles. The summed E-state index contributed by atoms with van der Waals surface area (Å²) in [6.45, 7) is 7.79. The van der Waals surface area contributed by atoms with Gasteiger partial charge in [0.15, 0.2) is 16.3 Å². The minimum atomic E-state index is -0.748. The van der Waals surface area contributed by atoms with Crippen molar-refractivity contribution in [1.29, 1.82) is 0 Å². The second-order valence-corrected chi connectivity index (χ2v) is 11.5. The van der Waals surface area contributed by atoms with Crippen LogP contribution >= 0.6 is 27.3 Å². The molecule has 0 amide bonds. The summed E-state index contributed by atoms with van der Waals surface area (Å²) in [7, 11) is 3.10. The van der Waals surface area contributed by atoms with Crippen molar-refractivity contribution in [3.63, 3.8) is 0 Å². The van der Waals surface area contributed by atoms with Gasteiger partial charge in [0.05, 0.1) is 42.7 Å². The van der Waals surface area contributed by atoms with Crippen molar-refractivity contribution in [2.45, 2.75) is 33.7 Å². The van der Waals surface area contributed by atoms with E-state index in [-0.39, 0.29) is 12.2 Å². The van der Waals surface area contributed by atoms with E-state index in [1.807, 2.05) is 50.3 Å². The van der Waals surface area contributed by atoms with Gasteiger partial charge in [0.1, 0.15) is 0 Å². The van der Waals surface area contributed by atoms with Gasteiger partial charge in [-0.15, -0.1) is 0 Å². The predicted octanol–water partition coefficient (Wildman–Crippen LogP) is 4.99. The van der Waals surface area contributed by atoms with E-state index in [1.54, 1.807) is 44.8 Å². The quantitative estimate of drug-likeness (QED) is 0.267. The molecule has 0 N–H and O–H groups in total. The molecule has 3 heterocycles. The molecule has 0 bridgehead atoms. The van der Waals surface area contributed by atoms with Crippen LogP contribution in [0.2, 0.25) is 0 Å². The first-order chi connectivity index (χ1) is 19.7. The fourth-order valence-electron chi connectivity index (χ4n) is 5.19. The molecule has 0 radical (unpaired) electrons. The Balaban J connectivity index is 1.70. The smallest absolute Gasteiger partial charge is 0.338 e. The Hall–Kier alpha value is -3.89. The molecule has 0 saturated heterocycles. The molecule has 0 fully saturated rings. The third kappa shape index (κ3) is 5.17. The summed E-state index contributed by atoms with van der Waals surface area (Å²) in [6, 6.07) is 14.8. The van der Waals surface area contributed by atoms with Crippen molar-refractivity contribution in [2.75, 3.05) is 20.8 Å². The lowest BCUT2D eigenvalue weighted by Gasteiger charge is -2.25. The molecule has 2 aromatic carbocycles. The first-order valence-electron chi connectivity index (χ1n) is 13.0. The second kappa shape index (κ2) is 11.5. The molecular formula is C31H30BrN3O5S. The molecule has 0 unspecified atom stereocenters. The van der Waals surface area contributed by atoms with Crippen molar-refractivity contribution >= 4 is 39.3 Å². The number of nitrogens with zero attached hydrogens (tertiary/aromatic N) is 3. The Morgan fingerprint density at radius 3 is 2.41 bits per heavy atom. The minimum absolute atomic E-state index is 0.201. The van der Waals surface area contributed by atoms with Gasteiger partial charge < -0.3 is 18.8 Å². The van der Waals surface area contributed by atoms with Gasteiger partial charge in [-0.1, -0.05) is 33.3 Å². The molecule has 212 valence electrons. The first-order valence-corrected chi connectivity index (χ1v) is 14.7. The maximum absolute atomic E-state index is 14.1. The van der Waals surface area contributed by atoms with Crippen LogP contribution in [0.3, 0.4) is 0 Å². The van der Waals surface area contributed by atoms with Crippen LogP contribution in [0.25, 0.3) is 11.8 Å². The number of hydrogen-bond acceptors (Lipinski definition) is 7. The number of halogens is 1. The van der Waals surface area contributed by atoms with E-state index in [1.165, 1.54) is 11.3 Å². The van der Waals surface area contributed by atoms with Crippen LogP contribution in [0.15, 0.2) is 74.1 Å². The topological polar surface area (TPSA) is 84.1 Å². The van der Waals surface area contributed by atoms with Gasteiger partial charge in [-0.3, -0.25) is 9.36 Å². The molecule has 2 aromatic heterocycles. The summed E-state index contributed by atoms with van der Waals surface area (Å²) >= 11 is 4.79. The zero-order valence-electron chi connectivity index (χ0n) is 23.6. The van der Waals surface area contributed by atoms with Crippen LogP contribution in [0, 0.1) is 13.8 Å². The first kappa shape index (κ1) is 28.6. The number of methoxy groups -OCH3 is 2. The van der Waals surface area contributed by atoms with Crippen molar-refractivity contribution < 1.29 is 19.0 Å². The fraction of sp³-hybridized carbons (Fsp3) is 0.258. The number of ether oxygens (including phenoxy) is 3. The highest BCUT2D eigenvalue weighted by Crippen LogP contribution is 2.36. The average Bonchev–Trinajstić information content (AvgIpc) is 3.41. The standard InChI is InChI=1S/C31H30BrN3O5S/c1-7-40-30(37)27-18(3)33-31-35(28(27)20-8-13-24(38-5)25(15-20)39-6)29(36)26(41-31)16-21-14-17(2)34(19(21)4)23-11-9-22(32)10-12-23/h8-16,28H,7H2,1-6H3/b26-16-/t28-/m0/s1. The van der Waals surface area contributed by atoms with E-state index in [4.69, 9.17) is 14.2 Å². The van der Waals surface area contributed by atoms with E-state index in [0.717, 1.165) is 27.1 Å². The molecule has 0 spiro atoms. The number of aryl methyl sites for hydroxylation is 1. The highest BCUT2D eigenvalue weighted by atomic mass is 79.9. The van der Waals surface area contributed by atoms with E-state index < -0.39 is 12.0 Å². The maximum atomic E-state index is 14.1. The summed E-state index contributed by atoms with van der Waals surface area (Å²) in [4.78, 5) is 32.5. The average molecular weight is 637 g/mol. The van der Waals surface area contributed by atoms with Crippen molar-refractivity contribution in [3.05, 3.63) is 106 Å². The van der Waals surface area contributed by atoms with E-state index >= 15 is 0 Å². The molecule has 0 aliphatic carbocycles. The zero-order chi connectivity index (χ0) is 29.4. The Kier molecular flexibility index (Phi) is 8.06. The normalized spacial score (nSPS) is 15.0.